The van der Waals surface area contributed by atoms with Crippen LogP contribution in [0.3, 0.4) is 0 Å². The number of aldehydes is 1. The number of hydrogen-bond donors (Lipinski definition) is 0. The molecule has 88 valence electrons. The molecule has 1 fully saturated rings. The van der Waals surface area contributed by atoms with Crippen LogP contribution in [0.1, 0.15) is 37.2 Å². The minimum Gasteiger partial charge on any atom is -0.307 e. The first-order chi connectivity index (χ1) is 8.36. The van der Waals surface area contributed by atoms with E-state index in [4.69, 9.17) is 0 Å². The Labute approximate surface area is 100 Å². The van der Waals surface area contributed by atoms with E-state index in [1.165, 1.54) is 5.56 Å². The van der Waals surface area contributed by atoms with Crippen LogP contribution in [0, 0.1) is 5.92 Å². The average molecular weight is 228 g/mol. The standard InChI is InChI=1S/C14H16N2O/c17-10-11-1-3-12(4-2-11)13-5-6-14-15-7-8-16(14)9-13/h5-12H,1-4H2. The maximum absolute atomic E-state index is 10.7. The normalized spacial score (nSPS) is 24.9. The minimum atomic E-state index is 0.295. The molecule has 3 heteroatoms. The molecule has 2 heterocycles. The molecule has 0 amide bonds. The molecule has 17 heavy (non-hydrogen) atoms. The van der Waals surface area contributed by atoms with Crippen LogP contribution in [-0.4, -0.2) is 15.7 Å². The van der Waals surface area contributed by atoms with Crippen LogP contribution in [0.4, 0.5) is 0 Å². The maximum Gasteiger partial charge on any atom is 0.136 e. The molecule has 1 aliphatic rings. The SMILES string of the molecule is O=CC1CCC(c2ccc3nccn3c2)CC1. The zero-order chi connectivity index (χ0) is 11.7. The lowest BCUT2D eigenvalue weighted by Gasteiger charge is -2.25. The molecule has 0 radical (unpaired) electrons. The maximum atomic E-state index is 10.7. The van der Waals surface area contributed by atoms with Crippen molar-refractivity contribution >= 4 is 11.9 Å². The summed E-state index contributed by atoms with van der Waals surface area (Å²) in [5.41, 5.74) is 2.37. The van der Waals surface area contributed by atoms with E-state index in [-0.39, 0.29) is 0 Å². The third-order valence-corrected chi connectivity index (χ3v) is 3.85. The van der Waals surface area contributed by atoms with Crippen LogP contribution in [0.2, 0.25) is 0 Å². The van der Waals surface area contributed by atoms with Gasteiger partial charge in [-0.25, -0.2) is 4.98 Å². The van der Waals surface area contributed by atoms with Gasteiger partial charge in [-0.2, -0.15) is 0 Å². The van der Waals surface area contributed by atoms with Crippen LogP contribution < -0.4 is 0 Å². The van der Waals surface area contributed by atoms with Crippen molar-refractivity contribution < 1.29 is 4.79 Å². The highest BCUT2D eigenvalue weighted by Crippen LogP contribution is 2.34. The molecule has 2 aromatic rings. The van der Waals surface area contributed by atoms with E-state index in [0.29, 0.717) is 11.8 Å². The van der Waals surface area contributed by atoms with Crippen LogP contribution in [0.15, 0.2) is 30.7 Å². The van der Waals surface area contributed by atoms with Crippen LogP contribution in [0.5, 0.6) is 0 Å². The molecule has 0 unspecified atom stereocenters. The number of hydrogen-bond acceptors (Lipinski definition) is 2. The van der Waals surface area contributed by atoms with E-state index in [1.807, 2.05) is 12.4 Å². The fourth-order valence-electron chi connectivity index (χ4n) is 2.77. The molecule has 0 bridgehead atoms. The van der Waals surface area contributed by atoms with Gasteiger partial charge in [0, 0.05) is 24.5 Å². The van der Waals surface area contributed by atoms with E-state index in [1.54, 1.807) is 0 Å². The highest BCUT2D eigenvalue weighted by molar-refractivity contribution is 5.53. The lowest BCUT2D eigenvalue weighted by molar-refractivity contribution is -0.111. The lowest BCUT2D eigenvalue weighted by Crippen LogP contribution is -2.14. The monoisotopic (exact) mass is 228 g/mol. The summed E-state index contributed by atoms with van der Waals surface area (Å²) in [6.45, 7) is 0. The molecular weight excluding hydrogens is 212 g/mol. The van der Waals surface area contributed by atoms with Gasteiger partial charge in [0.05, 0.1) is 0 Å². The van der Waals surface area contributed by atoms with Crippen LogP contribution in [0.25, 0.3) is 5.65 Å². The summed E-state index contributed by atoms with van der Waals surface area (Å²) in [5, 5.41) is 0. The Morgan fingerprint density at radius 2 is 2.06 bits per heavy atom. The van der Waals surface area contributed by atoms with Gasteiger partial charge in [0.1, 0.15) is 11.9 Å². The highest BCUT2D eigenvalue weighted by Gasteiger charge is 2.22. The number of aromatic nitrogens is 2. The number of fused-ring (bicyclic) bond motifs is 1. The second-order valence-electron chi connectivity index (χ2n) is 4.90. The second-order valence-corrected chi connectivity index (χ2v) is 4.90. The molecule has 0 atom stereocenters. The molecule has 0 saturated heterocycles. The molecule has 1 saturated carbocycles. The molecule has 0 aromatic carbocycles. The summed E-state index contributed by atoms with van der Waals surface area (Å²) in [6.07, 6.45) is 11.4. The Balaban J connectivity index is 1.81. The molecule has 3 rings (SSSR count). The number of imidazole rings is 1. The van der Waals surface area contributed by atoms with Gasteiger partial charge in [0.2, 0.25) is 0 Å². The number of nitrogens with zero attached hydrogens (tertiary/aromatic N) is 2. The van der Waals surface area contributed by atoms with Gasteiger partial charge < -0.3 is 9.20 Å². The summed E-state index contributed by atoms with van der Waals surface area (Å²) in [5.74, 6) is 0.904. The van der Waals surface area contributed by atoms with Crippen molar-refractivity contribution in [2.45, 2.75) is 31.6 Å². The topological polar surface area (TPSA) is 34.4 Å². The molecule has 0 aliphatic heterocycles. The van der Waals surface area contributed by atoms with Gasteiger partial charge >= 0.3 is 0 Å². The molecule has 0 spiro atoms. The number of rotatable bonds is 2. The van der Waals surface area contributed by atoms with Gasteiger partial charge in [0.15, 0.2) is 0 Å². The zero-order valence-electron chi connectivity index (χ0n) is 9.75. The molecule has 0 N–H and O–H groups in total. The zero-order valence-corrected chi connectivity index (χ0v) is 9.75. The largest absolute Gasteiger partial charge is 0.307 e. The molecule has 2 aromatic heterocycles. The predicted molar refractivity (Wildman–Crippen MR) is 66.0 cm³/mol. The van der Waals surface area contributed by atoms with Crippen molar-refractivity contribution in [3.63, 3.8) is 0 Å². The molecule has 1 aliphatic carbocycles. The van der Waals surface area contributed by atoms with E-state index >= 15 is 0 Å². The summed E-state index contributed by atoms with van der Waals surface area (Å²) in [7, 11) is 0. The molecule has 3 nitrogen and oxygen atoms in total. The smallest absolute Gasteiger partial charge is 0.136 e. The first-order valence-electron chi connectivity index (χ1n) is 6.25. The Morgan fingerprint density at radius 1 is 1.24 bits per heavy atom. The first-order valence-corrected chi connectivity index (χ1v) is 6.25. The average Bonchev–Trinajstić information content (AvgIpc) is 2.86. The van der Waals surface area contributed by atoms with Gasteiger partial charge in [-0.1, -0.05) is 6.07 Å². The number of carbonyl (C=O) groups is 1. The Morgan fingerprint density at radius 3 is 2.82 bits per heavy atom. The van der Waals surface area contributed by atoms with Gasteiger partial charge in [-0.3, -0.25) is 0 Å². The van der Waals surface area contributed by atoms with Crippen molar-refractivity contribution in [1.82, 2.24) is 9.38 Å². The van der Waals surface area contributed by atoms with E-state index in [0.717, 1.165) is 37.6 Å². The highest BCUT2D eigenvalue weighted by atomic mass is 16.1. The quantitative estimate of drug-likeness (QED) is 0.741. The summed E-state index contributed by atoms with van der Waals surface area (Å²) in [4.78, 5) is 15.0. The Kier molecular flexibility index (Phi) is 2.67. The Hall–Kier alpha value is -1.64. The second kappa shape index (κ2) is 4.32. The van der Waals surface area contributed by atoms with Crippen molar-refractivity contribution in [1.29, 1.82) is 0 Å². The fourth-order valence-corrected chi connectivity index (χ4v) is 2.77. The molecular formula is C14H16N2O. The third-order valence-electron chi connectivity index (χ3n) is 3.85. The minimum absolute atomic E-state index is 0.295. The summed E-state index contributed by atoms with van der Waals surface area (Å²) >= 11 is 0. The predicted octanol–water partition coefficient (Wildman–Crippen LogP) is 2.81. The van der Waals surface area contributed by atoms with Crippen molar-refractivity contribution in [2.24, 2.45) is 5.92 Å². The van der Waals surface area contributed by atoms with Gasteiger partial charge in [-0.05, 0) is 43.2 Å². The van der Waals surface area contributed by atoms with Crippen molar-refractivity contribution in [2.75, 3.05) is 0 Å². The van der Waals surface area contributed by atoms with E-state index in [2.05, 4.69) is 27.7 Å². The van der Waals surface area contributed by atoms with Crippen LogP contribution in [-0.2, 0) is 4.79 Å². The van der Waals surface area contributed by atoms with Gasteiger partial charge in [-0.15, -0.1) is 0 Å². The first kappa shape index (κ1) is 10.5. The summed E-state index contributed by atoms with van der Waals surface area (Å²) < 4.78 is 2.07. The number of pyridine rings is 1. The fraction of sp³-hybridized carbons (Fsp3) is 0.429. The van der Waals surface area contributed by atoms with Gasteiger partial charge in [0.25, 0.3) is 0 Å². The lowest BCUT2D eigenvalue weighted by atomic mass is 9.80. The Bertz CT molecular complexity index is 524. The van der Waals surface area contributed by atoms with E-state index in [9.17, 15) is 4.79 Å². The third kappa shape index (κ3) is 1.97. The van der Waals surface area contributed by atoms with Crippen molar-refractivity contribution in [3.8, 4) is 0 Å². The van der Waals surface area contributed by atoms with Crippen molar-refractivity contribution in [3.05, 3.63) is 36.3 Å². The van der Waals surface area contributed by atoms with Crippen LogP contribution >= 0.6 is 0 Å². The summed E-state index contributed by atoms with van der Waals surface area (Å²) in [6, 6.07) is 4.25. The number of carbonyl (C=O) groups excluding carboxylic acids is 1. The van der Waals surface area contributed by atoms with E-state index < -0.39 is 0 Å².